The molecule has 170 valence electrons. The summed E-state index contributed by atoms with van der Waals surface area (Å²) in [5, 5.41) is 0. The van der Waals surface area contributed by atoms with E-state index < -0.39 is 54.2 Å². The Bertz CT molecular complexity index is 396. The van der Waals surface area contributed by atoms with Gasteiger partial charge in [0.1, 0.15) is 0 Å². The SMILES string of the molecule is C[Si](C)(C)P([SiH](P([Si](C)(C)C)[Si](C)(C)C)P([Si](C)(C)C)[Si](C)(C)C)[Si](C)(C)C. The zero-order chi connectivity index (χ0) is 23.3. The van der Waals surface area contributed by atoms with Gasteiger partial charge in [0.15, 0.2) is 0 Å². The van der Waals surface area contributed by atoms with Gasteiger partial charge in [-0.15, -0.1) is 19.7 Å². The van der Waals surface area contributed by atoms with Crippen LogP contribution in [0.1, 0.15) is 0 Å². The summed E-state index contributed by atoms with van der Waals surface area (Å²) in [6.45, 7) is 51.6. The van der Waals surface area contributed by atoms with Gasteiger partial charge < -0.3 is 0 Å². The second-order valence-corrected chi connectivity index (χ2v) is 103. The van der Waals surface area contributed by atoms with Crippen molar-refractivity contribution in [2.45, 2.75) is 118 Å². The van der Waals surface area contributed by atoms with Gasteiger partial charge in [0.05, 0.1) is 54.2 Å². The van der Waals surface area contributed by atoms with Crippen molar-refractivity contribution in [1.29, 1.82) is 0 Å². The van der Waals surface area contributed by atoms with Crippen molar-refractivity contribution < 1.29 is 0 Å². The van der Waals surface area contributed by atoms with Crippen LogP contribution in [-0.2, 0) is 0 Å². The van der Waals surface area contributed by atoms with Crippen molar-refractivity contribution in [3.05, 3.63) is 0 Å². The molecule has 0 heterocycles. The predicted octanol–water partition coefficient (Wildman–Crippen LogP) is 10.2. The average Bonchev–Trinajstić information content (AvgIpc) is 2.13. The lowest BCUT2D eigenvalue weighted by atomic mass is 11.8. The predicted molar refractivity (Wildman–Crippen MR) is 168 cm³/mol. The van der Waals surface area contributed by atoms with Gasteiger partial charge in [0, 0.05) is 0 Å². The van der Waals surface area contributed by atoms with Crippen molar-refractivity contribution in [2.75, 3.05) is 0 Å². The first kappa shape index (κ1) is 30.8. The van der Waals surface area contributed by atoms with Crippen LogP contribution in [0.3, 0.4) is 0 Å². The molecule has 0 aromatic rings. The topological polar surface area (TPSA) is 0 Å². The lowest BCUT2D eigenvalue weighted by Crippen LogP contribution is -2.50. The Kier molecular flexibility index (Phi) is 10.5. The van der Waals surface area contributed by atoms with Gasteiger partial charge in [-0.3, -0.25) is 0 Å². The molecule has 0 radical (unpaired) electrons. The Labute approximate surface area is 190 Å². The molecule has 0 saturated carbocycles. The smallest absolute Gasteiger partial charge is 0.0955 e. The van der Waals surface area contributed by atoms with Gasteiger partial charge in [0.25, 0.3) is 0 Å². The van der Waals surface area contributed by atoms with Crippen molar-refractivity contribution in [2.24, 2.45) is 0 Å². The molecule has 28 heavy (non-hydrogen) atoms. The minimum Gasteiger partial charge on any atom is -0.135 e. The van der Waals surface area contributed by atoms with Gasteiger partial charge in [-0.2, -0.15) is 0 Å². The van der Waals surface area contributed by atoms with E-state index in [0.29, 0.717) is 19.7 Å². The van der Waals surface area contributed by atoms with Crippen LogP contribution in [0.25, 0.3) is 0 Å². The lowest BCUT2D eigenvalue weighted by molar-refractivity contribution is 1.84. The first-order chi connectivity index (χ1) is 11.7. The summed E-state index contributed by atoms with van der Waals surface area (Å²) in [5.41, 5.74) is 0. The summed E-state index contributed by atoms with van der Waals surface area (Å²) in [7, 11) is -7.46. The molecule has 0 aromatic heterocycles. The van der Waals surface area contributed by atoms with E-state index in [0.717, 1.165) is 0 Å². The molecule has 0 unspecified atom stereocenters. The summed E-state index contributed by atoms with van der Waals surface area (Å²) in [6.07, 6.45) is 0. The first-order valence-electron chi connectivity index (χ1n) is 11.1. The van der Waals surface area contributed by atoms with Gasteiger partial charge in [0.2, 0.25) is 0 Å². The van der Waals surface area contributed by atoms with E-state index in [9.17, 15) is 0 Å². The Morgan fingerprint density at radius 2 is 0.393 bits per heavy atom. The molecule has 0 saturated heterocycles. The fraction of sp³-hybridized carbons (Fsp3) is 1.00. The molecule has 0 amide bonds. The summed E-state index contributed by atoms with van der Waals surface area (Å²) < 4.78 is 0. The van der Waals surface area contributed by atoms with E-state index in [4.69, 9.17) is 0 Å². The van der Waals surface area contributed by atoms with E-state index >= 15 is 0 Å². The van der Waals surface area contributed by atoms with Crippen molar-refractivity contribution in [1.82, 2.24) is 0 Å². The molecule has 0 atom stereocenters. The van der Waals surface area contributed by atoms with E-state index in [1.54, 1.807) is 0 Å². The van der Waals surface area contributed by atoms with E-state index in [1.807, 2.05) is 0 Å². The van der Waals surface area contributed by atoms with Crippen molar-refractivity contribution in [3.63, 3.8) is 0 Å². The third-order valence-corrected chi connectivity index (χ3v) is 173. The maximum atomic E-state index is 2.81. The second kappa shape index (κ2) is 9.58. The molecule has 0 N–H and O–H groups in total. The highest BCUT2D eigenvalue weighted by atomic mass is 32.2. The standard InChI is InChI=1S/C18H55P3Si7/c1-23(2,3)19(24(4,5)6)22(20(25(7,8)9)26(10,11)12)21(27(13,14)15)28(16,17)18/h22H,1-18H3. The maximum Gasteiger partial charge on any atom is 0.0955 e. The molecule has 0 aliphatic heterocycles. The molecule has 0 nitrogen and oxygen atoms in total. The highest BCUT2D eigenvalue weighted by Gasteiger charge is 2.58. The lowest BCUT2D eigenvalue weighted by Gasteiger charge is -2.60. The van der Waals surface area contributed by atoms with Crippen LogP contribution in [0.15, 0.2) is 0 Å². The largest absolute Gasteiger partial charge is 0.135 e. The molecular weight excluding hydrogens is 506 g/mol. The number of rotatable bonds is 9. The highest BCUT2D eigenvalue weighted by molar-refractivity contribution is 8.74. The summed E-state index contributed by atoms with van der Waals surface area (Å²) >= 11 is 0. The number of hydrogen-bond donors (Lipinski definition) is 0. The van der Waals surface area contributed by atoms with Gasteiger partial charge in [-0.1, -0.05) is 118 Å². The third-order valence-electron chi connectivity index (χ3n) is 5.03. The van der Waals surface area contributed by atoms with Crippen LogP contribution < -0.4 is 0 Å². The molecule has 0 rings (SSSR count). The third kappa shape index (κ3) is 8.63. The van der Waals surface area contributed by atoms with Crippen LogP contribution in [0.4, 0.5) is 0 Å². The van der Waals surface area contributed by atoms with Gasteiger partial charge in [-0.05, 0) is 0 Å². The average molecular weight is 561 g/mol. The van der Waals surface area contributed by atoms with E-state index in [1.165, 1.54) is 0 Å². The molecule has 0 fully saturated rings. The molecule has 0 aromatic carbocycles. The van der Waals surface area contributed by atoms with Crippen molar-refractivity contribution >= 4 is 73.9 Å². The van der Waals surface area contributed by atoms with Gasteiger partial charge >= 0.3 is 0 Å². The van der Waals surface area contributed by atoms with Crippen LogP contribution >= 0.6 is 19.7 Å². The molecule has 0 aliphatic carbocycles. The second-order valence-electron chi connectivity index (χ2n) is 14.5. The summed E-state index contributed by atoms with van der Waals surface area (Å²) in [6, 6.07) is 0. The Hall–Kier alpha value is 2.81. The Morgan fingerprint density at radius 3 is 0.464 bits per heavy atom. The van der Waals surface area contributed by atoms with Crippen LogP contribution in [0.2, 0.25) is 118 Å². The molecule has 0 spiro atoms. The Morgan fingerprint density at radius 1 is 0.286 bits per heavy atom. The van der Waals surface area contributed by atoms with Crippen LogP contribution in [-0.4, -0.2) is 54.2 Å². The summed E-state index contributed by atoms with van der Waals surface area (Å²) in [5.74, 6) is 0. The zero-order valence-electron chi connectivity index (χ0n) is 22.9. The van der Waals surface area contributed by atoms with Gasteiger partial charge in [-0.25, -0.2) is 0 Å². The first-order valence-corrected chi connectivity index (χ1v) is 46.0. The van der Waals surface area contributed by atoms with E-state index in [-0.39, 0.29) is 0 Å². The molecule has 0 bridgehead atoms. The maximum absolute atomic E-state index is 2.81. The van der Waals surface area contributed by atoms with E-state index in [2.05, 4.69) is 118 Å². The monoisotopic (exact) mass is 560 g/mol. The molecule has 10 heteroatoms. The highest BCUT2D eigenvalue weighted by Crippen LogP contribution is 2.81. The normalized spacial score (nSPS) is 16.1. The van der Waals surface area contributed by atoms with Crippen molar-refractivity contribution in [3.8, 4) is 0 Å². The fourth-order valence-corrected chi connectivity index (χ4v) is 334. The van der Waals surface area contributed by atoms with Crippen LogP contribution in [0, 0.1) is 0 Å². The minimum atomic E-state index is -1.12. The summed E-state index contributed by atoms with van der Waals surface area (Å²) in [4.78, 5) is 0. The fourth-order valence-electron chi connectivity index (χ4n) is 5.44. The molecule has 0 aliphatic rings. The minimum absolute atomic E-state index is 0.371. The Balaban J connectivity index is 7.30. The molecular formula is C18H55P3Si7. The zero-order valence-corrected chi connectivity index (χ0v) is 32.8. The van der Waals surface area contributed by atoms with Crippen LogP contribution in [0.5, 0.6) is 0 Å². The number of hydrogen-bond acceptors (Lipinski definition) is 0. The quantitative estimate of drug-likeness (QED) is 0.194.